The molecule has 4 nitrogen and oxygen atoms in total. The third-order valence-corrected chi connectivity index (χ3v) is 2.38. The van der Waals surface area contributed by atoms with Gasteiger partial charge in [-0.25, -0.2) is 4.98 Å². The number of aromatic nitrogens is 3. The molecule has 0 radical (unpaired) electrons. The summed E-state index contributed by atoms with van der Waals surface area (Å²) < 4.78 is 0. The highest BCUT2D eigenvalue weighted by atomic mass is 35.5. The highest BCUT2D eigenvalue weighted by Crippen LogP contribution is 2.23. The summed E-state index contributed by atoms with van der Waals surface area (Å²) in [6.45, 7) is 2.01. The molecule has 78 valence electrons. The van der Waals surface area contributed by atoms with Crippen LogP contribution in [0.5, 0.6) is 0 Å². The Bertz CT molecular complexity index is 427. The first-order chi connectivity index (χ1) is 7.27. The lowest BCUT2D eigenvalue weighted by Gasteiger charge is -2.13. The Morgan fingerprint density at radius 1 is 1.47 bits per heavy atom. The molecule has 2 aromatic rings. The first-order valence-corrected chi connectivity index (χ1v) is 5.00. The third-order valence-electron chi connectivity index (χ3n) is 2.07. The molecular weight excluding hydrogens is 212 g/mol. The van der Waals surface area contributed by atoms with Gasteiger partial charge in [-0.15, -0.1) is 0 Å². The van der Waals surface area contributed by atoms with Gasteiger partial charge < -0.3 is 10.3 Å². The van der Waals surface area contributed by atoms with Crippen molar-refractivity contribution in [3.05, 3.63) is 41.7 Å². The van der Waals surface area contributed by atoms with Crippen LogP contribution < -0.4 is 5.32 Å². The molecule has 1 unspecified atom stereocenters. The molecule has 0 saturated carbocycles. The molecule has 0 aromatic carbocycles. The number of imidazole rings is 1. The quantitative estimate of drug-likeness (QED) is 0.840. The topological polar surface area (TPSA) is 53.6 Å². The largest absolute Gasteiger partial charge is 0.374 e. The normalized spacial score (nSPS) is 12.4. The van der Waals surface area contributed by atoms with E-state index in [1.807, 2.05) is 13.0 Å². The number of nitrogens with one attached hydrogen (secondary N) is 2. The van der Waals surface area contributed by atoms with Crippen molar-refractivity contribution in [1.29, 1.82) is 0 Å². The van der Waals surface area contributed by atoms with Gasteiger partial charge in [0.05, 0.1) is 16.8 Å². The van der Waals surface area contributed by atoms with E-state index in [2.05, 4.69) is 20.3 Å². The number of anilines is 1. The second-order valence-corrected chi connectivity index (χ2v) is 3.60. The van der Waals surface area contributed by atoms with Crippen molar-refractivity contribution in [2.45, 2.75) is 13.0 Å². The van der Waals surface area contributed by atoms with Gasteiger partial charge in [0.25, 0.3) is 0 Å². The maximum Gasteiger partial charge on any atom is 0.128 e. The van der Waals surface area contributed by atoms with Gasteiger partial charge in [0.1, 0.15) is 5.82 Å². The molecule has 2 aromatic heterocycles. The molecule has 0 aliphatic carbocycles. The molecular formula is C10H11ClN4. The average Bonchev–Trinajstić information content (AvgIpc) is 2.74. The van der Waals surface area contributed by atoms with Crippen LogP contribution in [0.1, 0.15) is 18.8 Å². The van der Waals surface area contributed by atoms with E-state index in [1.54, 1.807) is 24.8 Å². The molecule has 0 saturated heterocycles. The lowest BCUT2D eigenvalue weighted by Crippen LogP contribution is -2.08. The summed E-state index contributed by atoms with van der Waals surface area (Å²) >= 11 is 5.97. The molecule has 0 spiro atoms. The van der Waals surface area contributed by atoms with Crippen molar-refractivity contribution >= 4 is 17.3 Å². The van der Waals surface area contributed by atoms with Crippen molar-refractivity contribution < 1.29 is 0 Å². The molecule has 15 heavy (non-hydrogen) atoms. The second-order valence-electron chi connectivity index (χ2n) is 3.20. The Kier molecular flexibility index (Phi) is 2.87. The number of hydrogen-bond donors (Lipinski definition) is 2. The maximum atomic E-state index is 5.97. The summed E-state index contributed by atoms with van der Waals surface area (Å²) in [7, 11) is 0. The highest BCUT2D eigenvalue weighted by Gasteiger charge is 2.08. The highest BCUT2D eigenvalue weighted by molar-refractivity contribution is 6.33. The van der Waals surface area contributed by atoms with Crippen molar-refractivity contribution in [3.8, 4) is 0 Å². The molecule has 1 atom stereocenters. The van der Waals surface area contributed by atoms with Gasteiger partial charge in [-0.1, -0.05) is 11.6 Å². The summed E-state index contributed by atoms with van der Waals surface area (Å²) in [5.74, 6) is 0.878. The second kappa shape index (κ2) is 4.31. The minimum Gasteiger partial charge on any atom is -0.374 e. The molecule has 0 fully saturated rings. The molecule has 2 heterocycles. The van der Waals surface area contributed by atoms with Crippen molar-refractivity contribution in [2.75, 3.05) is 5.32 Å². The van der Waals surface area contributed by atoms with Gasteiger partial charge in [0.2, 0.25) is 0 Å². The van der Waals surface area contributed by atoms with Gasteiger partial charge in [-0.2, -0.15) is 0 Å². The van der Waals surface area contributed by atoms with E-state index < -0.39 is 0 Å². The third kappa shape index (κ3) is 2.27. The van der Waals surface area contributed by atoms with E-state index in [1.165, 1.54) is 0 Å². The number of hydrogen-bond acceptors (Lipinski definition) is 3. The van der Waals surface area contributed by atoms with E-state index in [0.717, 1.165) is 11.5 Å². The van der Waals surface area contributed by atoms with Gasteiger partial charge in [-0.3, -0.25) is 4.98 Å². The fourth-order valence-corrected chi connectivity index (χ4v) is 1.48. The average molecular weight is 223 g/mol. The van der Waals surface area contributed by atoms with Crippen LogP contribution in [0.25, 0.3) is 0 Å². The Hall–Kier alpha value is -1.55. The monoisotopic (exact) mass is 222 g/mol. The fourth-order valence-electron chi connectivity index (χ4n) is 1.31. The summed E-state index contributed by atoms with van der Waals surface area (Å²) in [4.78, 5) is 11.1. The zero-order valence-electron chi connectivity index (χ0n) is 8.24. The zero-order valence-corrected chi connectivity index (χ0v) is 8.99. The van der Waals surface area contributed by atoms with E-state index in [4.69, 9.17) is 11.6 Å². The summed E-state index contributed by atoms with van der Waals surface area (Å²) in [5, 5.41) is 3.85. The lowest BCUT2D eigenvalue weighted by atomic mass is 10.3. The molecule has 0 aliphatic heterocycles. The van der Waals surface area contributed by atoms with Gasteiger partial charge in [-0.05, 0) is 13.0 Å². The van der Waals surface area contributed by atoms with Crippen LogP contribution in [0, 0.1) is 0 Å². The van der Waals surface area contributed by atoms with E-state index in [0.29, 0.717) is 5.02 Å². The first-order valence-electron chi connectivity index (χ1n) is 4.62. The molecule has 2 rings (SSSR count). The van der Waals surface area contributed by atoms with E-state index in [-0.39, 0.29) is 6.04 Å². The van der Waals surface area contributed by atoms with Crippen molar-refractivity contribution in [3.63, 3.8) is 0 Å². The first kappa shape index (κ1) is 9.98. The molecule has 0 bridgehead atoms. The number of rotatable bonds is 3. The summed E-state index contributed by atoms with van der Waals surface area (Å²) in [6.07, 6.45) is 6.82. The van der Waals surface area contributed by atoms with Crippen molar-refractivity contribution in [2.24, 2.45) is 0 Å². The van der Waals surface area contributed by atoms with Gasteiger partial charge >= 0.3 is 0 Å². The summed E-state index contributed by atoms with van der Waals surface area (Å²) in [6, 6.07) is 1.92. The van der Waals surface area contributed by atoms with Crippen LogP contribution in [-0.4, -0.2) is 15.0 Å². The number of halogens is 1. The van der Waals surface area contributed by atoms with Crippen LogP contribution in [0.2, 0.25) is 5.02 Å². The number of aromatic amines is 1. The lowest BCUT2D eigenvalue weighted by molar-refractivity contribution is 0.810. The van der Waals surface area contributed by atoms with E-state index in [9.17, 15) is 0 Å². The molecule has 0 amide bonds. The number of H-pyrrole nitrogens is 1. The maximum absolute atomic E-state index is 5.97. The molecule has 5 heteroatoms. The Balaban J connectivity index is 2.13. The Morgan fingerprint density at radius 2 is 2.33 bits per heavy atom. The van der Waals surface area contributed by atoms with Crippen LogP contribution in [0.4, 0.5) is 5.69 Å². The fraction of sp³-hybridized carbons (Fsp3) is 0.200. The summed E-state index contributed by atoms with van der Waals surface area (Å²) in [5.41, 5.74) is 0.857. The van der Waals surface area contributed by atoms with Crippen LogP contribution in [0.15, 0.2) is 30.9 Å². The minimum absolute atomic E-state index is 0.0832. The predicted octanol–water partition coefficient (Wildman–Crippen LogP) is 2.63. The SMILES string of the molecule is CC(Nc1ccncc1Cl)c1ncc[nH]1. The van der Waals surface area contributed by atoms with Gasteiger partial charge in [0, 0.05) is 24.8 Å². The Labute approximate surface area is 92.7 Å². The van der Waals surface area contributed by atoms with Crippen LogP contribution >= 0.6 is 11.6 Å². The van der Waals surface area contributed by atoms with Crippen LogP contribution in [0.3, 0.4) is 0 Å². The Morgan fingerprint density at radius 3 is 3.00 bits per heavy atom. The van der Waals surface area contributed by atoms with Crippen molar-refractivity contribution in [1.82, 2.24) is 15.0 Å². The number of pyridine rings is 1. The van der Waals surface area contributed by atoms with Crippen LogP contribution in [-0.2, 0) is 0 Å². The standard InChI is InChI=1S/C10H11ClN4/c1-7(10-13-4-5-14-10)15-9-2-3-12-6-8(9)11/h2-7H,1H3,(H,12,15)(H,13,14). The number of nitrogens with zero attached hydrogens (tertiary/aromatic N) is 2. The smallest absolute Gasteiger partial charge is 0.128 e. The molecule has 2 N–H and O–H groups in total. The predicted molar refractivity (Wildman–Crippen MR) is 59.9 cm³/mol. The minimum atomic E-state index is 0.0832. The van der Waals surface area contributed by atoms with E-state index >= 15 is 0 Å². The molecule has 0 aliphatic rings. The zero-order chi connectivity index (χ0) is 10.7. The van der Waals surface area contributed by atoms with Gasteiger partial charge in [0.15, 0.2) is 0 Å².